The molecule has 1 atom stereocenters. The summed E-state index contributed by atoms with van der Waals surface area (Å²) in [4.78, 5) is 0. The molecule has 0 aliphatic heterocycles. The van der Waals surface area contributed by atoms with Crippen LogP contribution in [0.2, 0.25) is 0 Å². The van der Waals surface area contributed by atoms with Gasteiger partial charge in [-0.1, -0.05) is 30.3 Å². The SMILES string of the molecule is O=S(O)CCc1cccc(Oc2ccccc2)c1. The van der Waals surface area contributed by atoms with Gasteiger partial charge in [-0.15, -0.1) is 0 Å². The fourth-order valence-corrected chi connectivity index (χ4v) is 2.00. The first kappa shape index (κ1) is 12.8. The van der Waals surface area contributed by atoms with Crippen LogP contribution in [0.1, 0.15) is 5.56 Å². The molecule has 0 aliphatic rings. The van der Waals surface area contributed by atoms with Crippen LogP contribution >= 0.6 is 0 Å². The molecular weight excluding hydrogens is 248 g/mol. The van der Waals surface area contributed by atoms with Crippen molar-refractivity contribution in [3.63, 3.8) is 0 Å². The molecule has 0 heterocycles. The van der Waals surface area contributed by atoms with Crippen molar-refractivity contribution >= 4 is 11.1 Å². The standard InChI is InChI=1S/C14H14O3S/c15-18(16)10-9-12-5-4-8-14(11-12)17-13-6-2-1-3-7-13/h1-8,11H,9-10H2,(H,15,16). The zero-order chi connectivity index (χ0) is 12.8. The quantitative estimate of drug-likeness (QED) is 0.841. The monoisotopic (exact) mass is 262 g/mol. The lowest BCUT2D eigenvalue weighted by Gasteiger charge is -2.07. The van der Waals surface area contributed by atoms with E-state index in [9.17, 15) is 4.21 Å². The largest absolute Gasteiger partial charge is 0.457 e. The second-order valence-corrected chi connectivity index (χ2v) is 4.89. The number of ether oxygens (including phenoxy) is 1. The van der Waals surface area contributed by atoms with Crippen molar-refractivity contribution in [3.05, 3.63) is 60.2 Å². The molecule has 0 bridgehead atoms. The highest BCUT2D eigenvalue weighted by Crippen LogP contribution is 2.21. The van der Waals surface area contributed by atoms with Crippen LogP contribution in [0.5, 0.6) is 11.5 Å². The lowest BCUT2D eigenvalue weighted by Crippen LogP contribution is -1.99. The smallest absolute Gasteiger partial charge is 0.153 e. The van der Waals surface area contributed by atoms with Gasteiger partial charge in [-0.25, -0.2) is 4.21 Å². The summed E-state index contributed by atoms with van der Waals surface area (Å²) in [6.45, 7) is 0. The highest BCUT2D eigenvalue weighted by molar-refractivity contribution is 7.79. The van der Waals surface area contributed by atoms with Crippen LogP contribution < -0.4 is 4.74 Å². The van der Waals surface area contributed by atoms with Gasteiger partial charge in [-0.05, 0) is 36.2 Å². The molecule has 1 unspecified atom stereocenters. The Kier molecular flexibility index (Phi) is 4.50. The third kappa shape index (κ3) is 3.98. The predicted molar refractivity (Wildman–Crippen MR) is 72.3 cm³/mol. The van der Waals surface area contributed by atoms with E-state index in [1.54, 1.807) is 0 Å². The van der Waals surface area contributed by atoms with Gasteiger partial charge < -0.3 is 9.29 Å². The first-order valence-electron chi connectivity index (χ1n) is 5.63. The molecule has 0 spiro atoms. The number of para-hydroxylation sites is 1. The van der Waals surface area contributed by atoms with E-state index in [1.807, 2.05) is 54.6 Å². The van der Waals surface area contributed by atoms with Gasteiger partial charge in [-0.3, -0.25) is 0 Å². The molecule has 1 N–H and O–H groups in total. The molecule has 0 amide bonds. The average molecular weight is 262 g/mol. The summed E-state index contributed by atoms with van der Waals surface area (Å²) in [7, 11) is 0. The van der Waals surface area contributed by atoms with Crippen molar-refractivity contribution in [2.75, 3.05) is 5.75 Å². The number of hydrogen-bond acceptors (Lipinski definition) is 2. The van der Waals surface area contributed by atoms with Gasteiger partial charge in [0.1, 0.15) is 11.5 Å². The van der Waals surface area contributed by atoms with E-state index in [0.29, 0.717) is 6.42 Å². The number of aryl methyl sites for hydroxylation is 1. The Morgan fingerprint density at radius 1 is 1.00 bits per heavy atom. The summed E-state index contributed by atoms with van der Waals surface area (Å²) in [6, 6.07) is 17.1. The Hall–Kier alpha value is -1.65. The van der Waals surface area contributed by atoms with Crippen LogP contribution in [-0.4, -0.2) is 14.5 Å². The van der Waals surface area contributed by atoms with Crippen LogP contribution in [0.15, 0.2) is 54.6 Å². The van der Waals surface area contributed by atoms with E-state index in [2.05, 4.69) is 0 Å². The van der Waals surface area contributed by atoms with Gasteiger partial charge in [0.05, 0.1) is 5.75 Å². The summed E-state index contributed by atoms with van der Waals surface area (Å²) in [5, 5.41) is 0. The fraction of sp³-hybridized carbons (Fsp3) is 0.143. The Balaban J connectivity index is 2.05. The second-order valence-electron chi connectivity index (χ2n) is 3.84. The molecule has 0 aromatic heterocycles. The van der Waals surface area contributed by atoms with Gasteiger partial charge in [-0.2, -0.15) is 0 Å². The zero-order valence-electron chi connectivity index (χ0n) is 9.78. The number of rotatable bonds is 5. The molecule has 0 radical (unpaired) electrons. The van der Waals surface area contributed by atoms with Crippen molar-refractivity contribution in [3.8, 4) is 11.5 Å². The zero-order valence-corrected chi connectivity index (χ0v) is 10.6. The maximum atomic E-state index is 10.6. The van der Waals surface area contributed by atoms with Gasteiger partial charge >= 0.3 is 0 Å². The predicted octanol–water partition coefficient (Wildman–Crippen LogP) is 3.24. The third-order valence-corrected chi connectivity index (χ3v) is 3.00. The Morgan fingerprint density at radius 3 is 2.44 bits per heavy atom. The minimum atomic E-state index is -1.75. The van der Waals surface area contributed by atoms with Crippen LogP contribution in [-0.2, 0) is 17.5 Å². The van der Waals surface area contributed by atoms with Gasteiger partial charge in [0.2, 0.25) is 0 Å². The highest BCUT2D eigenvalue weighted by Gasteiger charge is 2.00. The maximum Gasteiger partial charge on any atom is 0.153 e. The lowest BCUT2D eigenvalue weighted by molar-refractivity contribution is 0.482. The molecule has 2 rings (SSSR count). The minimum absolute atomic E-state index is 0.245. The molecule has 0 aliphatic carbocycles. The molecular formula is C14H14O3S. The molecule has 3 nitrogen and oxygen atoms in total. The first-order valence-corrected chi connectivity index (χ1v) is 6.91. The molecule has 0 fully saturated rings. The van der Waals surface area contributed by atoms with Crippen LogP contribution in [0.3, 0.4) is 0 Å². The lowest BCUT2D eigenvalue weighted by atomic mass is 10.2. The summed E-state index contributed by atoms with van der Waals surface area (Å²) in [6.07, 6.45) is 0.565. The van der Waals surface area contributed by atoms with E-state index < -0.39 is 11.1 Å². The molecule has 4 heteroatoms. The van der Waals surface area contributed by atoms with Gasteiger partial charge in [0.15, 0.2) is 11.1 Å². The molecule has 2 aromatic carbocycles. The highest BCUT2D eigenvalue weighted by atomic mass is 32.2. The van der Waals surface area contributed by atoms with Crippen molar-refractivity contribution in [1.29, 1.82) is 0 Å². The summed E-state index contributed by atoms with van der Waals surface area (Å²) < 4.78 is 25.1. The summed E-state index contributed by atoms with van der Waals surface area (Å²) >= 11 is -1.75. The third-order valence-electron chi connectivity index (χ3n) is 2.44. The molecule has 0 saturated carbocycles. The van der Waals surface area contributed by atoms with Crippen LogP contribution in [0, 0.1) is 0 Å². The van der Waals surface area contributed by atoms with Gasteiger partial charge in [0.25, 0.3) is 0 Å². The second kappa shape index (κ2) is 6.33. The maximum absolute atomic E-state index is 10.6. The number of hydrogen-bond donors (Lipinski definition) is 1. The number of benzene rings is 2. The summed E-state index contributed by atoms with van der Waals surface area (Å²) in [5.41, 5.74) is 0.992. The van der Waals surface area contributed by atoms with Crippen molar-refractivity contribution in [2.24, 2.45) is 0 Å². The fourth-order valence-electron chi connectivity index (χ4n) is 1.59. The molecule has 94 valence electrons. The van der Waals surface area contributed by atoms with E-state index in [1.165, 1.54) is 0 Å². The van der Waals surface area contributed by atoms with E-state index >= 15 is 0 Å². The van der Waals surface area contributed by atoms with Crippen molar-refractivity contribution in [1.82, 2.24) is 0 Å². The van der Waals surface area contributed by atoms with Crippen LogP contribution in [0.25, 0.3) is 0 Å². The average Bonchev–Trinajstić information content (AvgIpc) is 2.38. The Labute approximate surface area is 109 Å². The van der Waals surface area contributed by atoms with Gasteiger partial charge in [0, 0.05) is 0 Å². The summed E-state index contributed by atoms with van der Waals surface area (Å²) in [5.74, 6) is 1.76. The Morgan fingerprint density at radius 2 is 1.72 bits per heavy atom. The van der Waals surface area contributed by atoms with E-state index in [4.69, 9.17) is 9.29 Å². The molecule has 18 heavy (non-hydrogen) atoms. The first-order chi connectivity index (χ1) is 8.74. The molecule has 0 saturated heterocycles. The topological polar surface area (TPSA) is 46.5 Å². The Bertz CT molecular complexity index is 526. The normalized spacial score (nSPS) is 12.1. The minimum Gasteiger partial charge on any atom is -0.457 e. The van der Waals surface area contributed by atoms with Crippen molar-refractivity contribution in [2.45, 2.75) is 6.42 Å². The van der Waals surface area contributed by atoms with Crippen molar-refractivity contribution < 1.29 is 13.5 Å². The van der Waals surface area contributed by atoms with Crippen LogP contribution in [0.4, 0.5) is 0 Å². The van der Waals surface area contributed by atoms with E-state index in [0.717, 1.165) is 17.1 Å². The van der Waals surface area contributed by atoms with E-state index in [-0.39, 0.29) is 5.75 Å². The molecule has 2 aromatic rings.